The van der Waals surface area contributed by atoms with Crippen LogP contribution in [0.25, 0.3) is 0 Å². The van der Waals surface area contributed by atoms with Crippen molar-refractivity contribution in [3.63, 3.8) is 0 Å². The molecule has 5 heteroatoms. The molecule has 110 valence electrons. The number of nitrogens with one attached hydrogen (secondary N) is 1. The standard InChI is InChI=1S/C16H18FN3O/c1-11(12-5-3-2-4-6-12)19-10-14-8-7-13(9-15(14)17)16(18)20-21/h2-9,11,19,21H,10H2,1H3,(H2,18,20)/t11-/m0/s1. The molecule has 0 saturated carbocycles. The van der Waals surface area contributed by atoms with Crippen LogP contribution >= 0.6 is 0 Å². The van der Waals surface area contributed by atoms with Gasteiger partial charge in [0.25, 0.3) is 0 Å². The molecule has 4 N–H and O–H groups in total. The fraction of sp³-hybridized carbons (Fsp3) is 0.188. The summed E-state index contributed by atoms with van der Waals surface area (Å²) >= 11 is 0. The lowest BCUT2D eigenvalue weighted by molar-refractivity contribution is 0.318. The highest BCUT2D eigenvalue weighted by atomic mass is 19.1. The van der Waals surface area contributed by atoms with Gasteiger partial charge < -0.3 is 16.3 Å². The molecule has 21 heavy (non-hydrogen) atoms. The summed E-state index contributed by atoms with van der Waals surface area (Å²) in [5.74, 6) is -0.488. The molecule has 0 aliphatic rings. The van der Waals surface area contributed by atoms with Crippen LogP contribution in [0.3, 0.4) is 0 Å². The van der Waals surface area contributed by atoms with Crippen molar-refractivity contribution in [2.45, 2.75) is 19.5 Å². The SMILES string of the molecule is C[C@H](NCc1ccc(C(N)=NO)cc1F)c1ccccc1. The molecule has 2 aromatic carbocycles. The number of rotatable bonds is 5. The van der Waals surface area contributed by atoms with Gasteiger partial charge in [0.2, 0.25) is 0 Å². The van der Waals surface area contributed by atoms with Crippen LogP contribution < -0.4 is 11.1 Å². The second-order valence-electron chi connectivity index (χ2n) is 4.80. The first kappa shape index (κ1) is 15.0. The maximum Gasteiger partial charge on any atom is 0.170 e. The molecule has 0 unspecified atom stereocenters. The molecule has 0 amide bonds. The number of halogens is 1. The van der Waals surface area contributed by atoms with Gasteiger partial charge in [0.15, 0.2) is 5.84 Å². The quantitative estimate of drug-likeness (QED) is 0.343. The van der Waals surface area contributed by atoms with E-state index >= 15 is 0 Å². The number of hydrogen-bond acceptors (Lipinski definition) is 3. The molecule has 0 aliphatic carbocycles. The van der Waals surface area contributed by atoms with E-state index in [9.17, 15) is 4.39 Å². The summed E-state index contributed by atoms with van der Waals surface area (Å²) in [6, 6.07) is 14.6. The van der Waals surface area contributed by atoms with Crippen LogP contribution in [0.4, 0.5) is 4.39 Å². The van der Waals surface area contributed by atoms with Gasteiger partial charge in [-0.3, -0.25) is 0 Å². The summed E-state index contributed by atoms with van der Waals surface area (Å²) in [5.41, 5.74) is 7.46. The third-order valence-corrected chi connectivity index (χ3v) is 3.35. The fourth-order valence-electron chi connectivity index (χ4n) is 2.03. The minimum Gasteiger partial charge on any atom is -0.409 e. The number of nitrogens with zero attached hydrogens (tertiary/aromatic N) is 1. The van der Waals surface area contributed by atoms with Crippen molar-refractivity contribution in [1.29, 1.82) is 0 Å². The van der Waals surface area contributed by atoms with E-state index in [0.29, 0.717) is 17.7 Å². The average Bonchev–Trinajstić information content (AvgIpc) is 2.53. The van der Waals surface area contributed by atoms with Gasteiger partial charge in [0, 0.05) is 23.7 Å². The third-order valence-electron chi connectivity index (χ3n) is 3.35. The first-order valence-electron chi connectivity index (χ1n) is 6.66. The van der Waals surface area contributed by atoms with Gasteiger partial charge in [-0.15, -0.1) is 0 Å². The normalized spacial score (nSPS) is 13.1. The molecule has 1 atom stereocenters. The summed E-state index contributed by atoms with van der Waals surface area (Å²) in [6.07, 6.45) is 0. The van der Waals surface area contributed by atoms with Gasteiger partial charge in [0.05, 0.1) is 0 Å². The number of nitrogens with two attached hydrogens (primary N) is 1. The van der Waals surface area contributed by atoms with Crippen LogP contribution in [0, 0.1) is 5.82 Å². The Morgan fingerprint density at radius 3 is 2.62 bits per heavy atom. The van der Waals surface area contributed by atoms with E-state index in [0.717, 1.165) is 5.56 Å². The molecule has 4 nitrogen and oxygen atoms in total. The highest BCUT2D eigenvalue weighted by Crippen LogP contribution is 2.15. The van der Waals surface area contributed by atoms with E-state index < -0.39 is 0 Å². The molecule has 2 rings (SSSR count). The van der Waals surface area contributed by atoms with Gasteiger partial charge in [-0.1, -0.05) is 47.6 Å². The van der Waals surface area contributed by atoms with Gasteiger partial charge in [-0.25, -0.2) is 4.39 Å². The molecule has 0 spiro atoms. The second kappa shape index (κ2) is 6.85. The van der Waals surface area contributed by atoms with Gasteiger partial charge in [-0.2, -0.15) is 0 Å². The number of hydrogen-bond donors (Lipinski definition) is 3. The van der Waals surface area contributed by atoms with Gasteiger partial charge in [-0.05, 0) is 18.6 Å². The van der Waals surface area contributed by atoms with Crippen molar-refractivity contribution in [2.75, 3.05) is 0 Å². The van der Waals surface area contributed by atoms with Crippen molar-refractivity contribution in [2.24, 2.45) is 10.9 Å². The Bertz CT molecular complexity index is 629. The van der Waals surface area contributed by atoms with Crippen molar-refractivity contribution >= 4 is 5.84 Å². The predicted molar refractivity (Wildman–Crippen MR) is 80.6 cm³/mol. The molecular formula is C16H18FN3O. The third kappa shape index (κ3) is 3.79. The van der Waals surface area contributed by atoms with Crippen molar-refractivity contribution < 1.29 is 9.60 Å². The van der Waals surface area contributed by atoms with Crippen LogP contribution in [-0.4, -0.2) is 11.0 Å². The maximum atomic E-state index is 14.0. The van der Waals surface area contributed by atoms with E-state index in [1.165, 1.54) is 6.07 Å². The van der Waals surface area contributed by atoms with Crippen LogP contribution in [0.5, 0.6) is 0 Å². The second-order valence-corrected chi connectivity index (χ2v) is 4.80. The highest BCUT2D eigenvalue weighted by molar-refractivity contribution is 5.97. The number of amidine groups is 1. The highest BCUT2D eigenvalue weighted by Gasteiger charge is 2.09. The molecule has 0 fully saturated rings. The van der Waals surface area contributed by atoms with Crippen molar-refractivity contribution in [1.82, 2.24) is 5.32 Å². The Morgan fingerprint density at radius 2 is 2.00 bits per heavy atom. The Kier molecular flexibility index (Phi) is 4.90. The molecule has 0 radical (unpaired) electrons. The van der Waals surface area contributed by atoms with Crippen LogP contribution in [0.1, 0.15) is 29.7 Å². The lowest BCUT2D eigenvalue weighted by atomic mass is 10.1. The zero-order valence-electron chi connectivity index (χ0n) is 11.8. The molecule has 0 aliphatic heterocycles. The summed E-state index contributed by atoms with van der Waals surface area (Å²) in [7, 11) is 0. The van der Waals surface area contributed by atoms with Crippen molar-refractivity contribution in [3.8, 4) is 0 Å². The molecule has 0 aromatic heterocycles. The summed E-state index contributed by atoms with van der Waals surface area (Å²) in [6.45, 7) is 2.43. The summed E-state index contributed by atoms with van der Waals surface area (Å²) in [5, 5.41) is 14.7. The summed E-state index contributed by atoms with van der Waals surface area (Å²) < 4.78 is 14.0. The smallest absolute Gasteiger partial charge is 0.170 e. The number of oxime groups is 1. The zero-order valence-corrected chi connectivity index (χ0v) is 11.8. The van der Waals surface area contributed by atoms with Crippen LogP contribution in [0.15, 0.2) is 53.7 Å². The maximum absolute atomic E-state index is 14.0. The largest absolute Gasteiger partial charge is 0.409 e. The van der Waals surface area contributed by atoms with E-state index in [4.69, 9.17) is 10.9 Å². The van der Waals surface area contributed by atoms with E-state index in [2.05, 4.69) is 10.5 Å². The number of benzene rings is 2. The summed E-state index contributed by atoms with van der Waals surface area (Å²) in [4.78, 5) is 0. The first-order chi connectivity index (χ1) is 10.1. The Morgan fingerprint density at radius 1 is 1.29 bits per heavy atom. The molecule has 0 saturated heterocycles. The molecule has 0 heterocycles. The van der Waals surface area contributed by atoms with Crippen LogP contribution in [-0.2, 0) is 6.54 Å². The monoisotopic (exact) mass is 287 g/mol. The predicted octanol–water partition coefficient (Wildman–Crippen LogP) is 2.77. The van der Waals surface area contributed by atoms with Crippen LogP contribution in [0.2, 0.25) is 0 Å². The van der Waals surface area contributed by atoms with E-state index in [-0.39, 0.29) is 17.7 Å². The Balaban J connectivity index is 2.04. The average molecular weight is 287 g/mol. The topological polar surface area (TPSA) is 70.6 Å². The lowest BCUT2D eigenvalue weighted by Gasteiger charge is -2.15. The molecular weight excluding hydrogens is 269 g/mol. The van der Waals surface area contributed by atoms with Gasteiger partial charge in [0.1, 0.15) is 5.82 Å². The molecule has 0 bridgehead atoms. The Labute approximate surface area is 123 Å². The lowest BCUT2D eigenvalue weighted by Crippen LogP contribution is -2.19. The Hall–Kier alpha value is -2.40. The van der Waals surface area contributed by atoms with Gasteiger partial charge >= 0.3 is 0 Å². The zero-order chi connectivity index (χ0) is 15.2. The first-order valence-corrected chi connectivity index (χ1v) is 6.66. The van der Waals surface area contributed by atoms with Crippen molar-refractivity contribution in [3.05, 3.63) is 71.0 Å². The van der Waals surface area contributed by atoms with E-state index in [1.807, 2.05) is 37.3 Å². The fourth-order valence-corrected chi connectivity index (χ4v) is 2.03. The minimum atomic E-state index is -0.383. The minimum absolute atomic E-state index is 0.105. The van der Waals surface area contributed by atoms with E-state index in [1.54, 1.807) is 12.1 Å². The molecule has 2 aromatic rings.